The van der Waals surface area contributed by atoms with Crippen LogP contribution in [0.5, 0.6) is 0 Å². The van der Waals surface area contributed by atoms with E-state index in [1.807, 2.05) is 13.0 Å². The number of halogens is 1. The fraction of sp³-hybridized carbons (Fsp3) is 0.538. The summed E-state index contributed by atoms with van der Waals surface area (Å²) < 4.78 is 1.04. The summed E-state index contributed by atoms with van der Waals surface area (Å²) >= 11 is 3.52. The lowest BCUT2D eigenvalue weighted by Crippen LogP contribution is -2.14. The summed E-state index contributed by atoms with van der Waals surface area (Å²) in [4.78, 5) is 2.21. The molecule has 96 valence electrons. The predicted octanol–water partition coefficient (Wildman–Crippen LogP) is 3.09. The van der Waals surface area contributed by atoms with Crippen molar-refractivity contribution >= 4 is 27.3 Å². The minimum Gasteiger partial charge on any atom is -0.398 e. The number of benzene rings is 1. The highest BCUT2D eigenvalue weighted by molar-refractivity contribution is 9.10. The molecule has 0 radical (unpaired) electrons. The second-order valence-corrected chi connectivity index (χ2v) is 5.48. The zero-order chi connectivity index (χ0) is 12.8. The molecule has 0 aliphatic carbocycles. The summed E-state index contributed by atoms with van der Waals surface area (Å²) in [6.45, 7) is 4.17. The Bertz CT molecular complexity index is 364. The van der Waals surface area contributed by atoms with E-state index < -0.39 is 0 Å². The third kappa shape index (κ3) is 4.96. The van der Waals surface area contributed by atoms with Crippen molar-refractivity contribution in [2.24, 2.45) is 0 Å². The highest BCUT2D eigenvalue weighted by Crippen LogP contribution is 2.27. The molecule has 0 fully saturated rings. The Hall–Kier alpha value is -0.740. The number of nitrogens with two attached hydrogens (primary N) is 1. The van der Waals surface area contributed by atoms with Crippen molar-refractivity contribution in [2.45, 2.75) is 19.8 Å². The zero-order valence-electron chi connectivity index (χ0n) is 10.9. The lowest BCUT2D eigenvalue weighted by molar-refractivity contribution is 0.396. The number of nitrogens with zero attached hydrogens (tertiary/aromatic N) is 1. The molecular formula is C13H22BrN3. The van der Waals surface area contributed by atoms with Crippen LogP contribution in [-0.4, -0.2) is 32.1 Å². The number of nitrogen functional groups attached to an aromatic ring is 1. The van der Waals surface area contributed by atoms with E-state index in [0.717, 1.165) is 34.5 Å². The molecule has 1 rings (SSSR count). The number of hydrogen-bond acceptors (Lipinski definition) is 3. The van der Waals surface area contributed by atoms with Crippen molar-refractivity contribution in [3.8, 4) is 0 Å². The molecule has 3 nitrogen and oxygen atoms in total. The molecule has 0 unspecified atom stereocenters. The summed E-state index contributed by atoms with van der Waals surface area (Å²) in [7, 11) is 4.21. The first kappa shape index (κ1) is 14.3. The van der Waals surface area contributed by atoms with E-state index >= 15 is 0 Å². The van der Waals surface area contributed by atoms with Gasteiger partial charge < -0.3 is 16.0 Å². The van der Waals surface area contributed by atoms with Gasteiger partial charge in [0.2, 0.25) is 0 Å². The molecule has 17 heavy (non-hydrogen) atoms. The summed E-state index contributed by atoms with van der Waals surface area (Å²) in [5.74, 6) is 0. The molecule has 0 aliphatic heterocycles. The molecule has 0 bridgehead atoms. The number of hydrogen-bond donors (Lipinski definition) is 2. The fourth-order valence-electron chi connectivity index (χ4n) is 1.61. The average molecular weight is 300 g/mol. The predicted molar refractivity (Wildman–Crippen MR) is 79.6 cm³/mol. The summed E-state index contributed by atoms with van der Waals surface area (Å²) in [5.41, 5.74) is 8.91. The van der Waals surface area contributed by atoms with Gasteiger partial charge in [-0.05, 0) is 74.0 Å². The molecule has 0 atom stereocenters. The van der Waals surface area contributed by atoms with Crippen molar-refractivity contribution in [3.05, 3.63) is 22.2 Å². The van der Waals surface area contributed by atoms with Gasteiger partial charge in [0.05, 0.1) is 0 Å². The smallest absolute Gasteiger partial charge is 0.0488 e. The molecule has 4 heteroatoms. The van der Waals surface area contributed by atoms with Crippen LogP contribution in [0.4, 0.5) is 11.4 Å². The van der Waals surface area contributed by atoms with Crippen LogP contribution in [0.3, 0.4) is 0 Å². The second-order valence-electron chi connectivity index (χ2n) is 4.63. The standard InChI is InChI=1S/C13H22BrN3/c1-10-8-13(11(14)9-12(10)15)16-6-4-5-7-17(2)3/h8-9,16H,4-7,15H2,1-3H3. The van der Waals surface area contributed by atoms with Gasteiger partial charge in [-0.2, -0.15) is 0 Å². The van der Waals surface area contributed by atoms with Crippen LogP contribution in [0.2, 0.25) is 0 Å². The van der Waals surface area contributed by atoms with Crippen LogP contribution in [0.15, 0.2) is 16.6 Å². The van der Waals surface area contributed by atoms with E-state index in [0.29, 0.717) is 0 Å². The third-order valence-corrected chi connectivity index (χ3v) is 3.36. The van der Waals surface area contributed by atoms with Crippen LogP contribution in [0.1, 0.15) is 18.4 Å². The normalized spacial score (nSPS) is 10.9. The van der Waals surface area contributed by atoms with Gasteiger partial charge in [-0.15, -0.1) is 0 Å². The van der Waals surface area contributed by atoms with Crippen molar-refractivity contribution in [2.75, 3.05) is 38.2 Å². The number of nitrogens with one attached hydrogen (secondary N) is 1. The molecule has 0 saturated heterocycles. The lowest BCUT2D eigenvalue weighted by atomic mass is 10.2. The van der Waals surface area contributed by atoms with Gasteiger partial charge in [0.15, 0.2) is 0 Å². The first-order valence-corrected chi connectivity index (χ1v) is 6.74. The zero-order valence-corrected chi connectivity index (χ0v) is 12.5. The molecule has 1 aromatic rings. The lowest BCUT2D eigenvalue weighted by Gasteiger charge is -2.12. The SMILES string of the molecule is Cc1cc(NCCCCN(C)C)c(Br)cc1N. The monoisotopic (exact) mass is 299 g/mol. The Balaban J connectivity index is 2.39. The van der Waals surface area contributed by atoms with Crippen LogP contribution in [-0.2, 0) is 0 Å². The second kappa shape index (κ2) is 6.87. The van der Waals surface area contributed by atoms with Crippen LogP contribution in [0.25, 0.3) is 0 Å². The molecule has 0 heterocycles. The van der Waals surface area contributed by atoms with Gasteiger partial charge in [0, 0.05) is 22.4 Å². The van der Waals surface area contributed by atoms with Crippen LogP contribution >= 0.6 is 15.9 Å². The Kier molecular flexibility index (Phi) is 5.78. The third-order valence-electron chi connectivity index (χ3n) is 2.70. The molecule has 1 aromatic carbocycles. The fourth-order valence-corrected chi connectivity index (χ4v) is 2.11. The number of aryl methyl sites for hydroxylation is 1. The molecule has 0 aromatic heterocycles. The minimum absolute atomic E-state index is 0.829. The Morgan fingerprint density at radius 1 is 1.29 bits per heavy atom. The summed E-state index contributed by atoms with van der Waals surface area (Å²) in [6, 6.07) is 4.04. The topological polar surface area (TPSA) is 41.3 Å². The maximum absolute atomic E-state index is 5.84. The highest BCUT2D eigenvalue weighted by atomic mass is 79.9. The van der Waals surface area contributed by atoms with Crippen molar-refractivity contribution < 1.29 is 0 Å². The van der Waals surface area contributed by atoms with Gasteiger partial charge in [-0.3, -0.25) is 0 Å². The van der Waals surface area contributed by atoms with Gasteiger partial charge in [-0.25, -0.2) is 0 Å². The van der Waals surface area contributed by atoms with Gasteiger partial charge in [0.25, 0.3) is 0 Å². The van der Waals surface area contributed by atoms with E-state index in [4.69, 9.17) is 5.73 Å². The van der Waals surface area contributed by atoms with Gasteiger partial charge in [-0.1, -0.05) is 0 Å². The average Bonchev–Trinajstić information content (AvgIpc) is 2.24. The highest BCUT2D eigenvalue weighted by Gasteiger charge is 2.02. The Labute approximate surface area is 113 Å². The summed E-state index contributed by atoms with van der Waals surface area (Å²) in [6.07, 6.45) is 2.39. The quantitative estimate of drug-likeness (QED) is 0.626. The molecule has 0 spiro atoms. The van der Waals surface area contributed by atoms with E-state index in [1.165, 1.54) is 12.8 Å². The maximum atomic E-state index is 5.84. The molecule has 0 aliphatic rings. The first-order valence-electron chi connectivity index (χ1n) is 5.95. The van der Waals surface area contributed by atoms with Crippen molar-refractivity contribution in [1.82, 2.24) is 4.90 Å². The Morgan fingerprint density at radius 2 is 2.00 bits per heavy atom. The van der Waals surface area contributed by atoms with E-state index in [9.17, 15) is 0 Å². The Morgan fingerprint density at radius 3 is 2.65 bits per heavy atom. The van der Waals surface area contributed by atoms with E-state index in [-0.39, 0.29) is 0 Å². The first-order chi connectivity index (χ1) is 8.00. The minimum atomic E-state index is 0.829. The van der Waals surface area contributed by atoms with Gasteiger partial charge in [0.1, 0.15) is 0 Å². The molecule has 0 saturated carbocycles. The number of anilines is 2. The van der Waals surface area contributed by atoms with Crippen molar-refractivity contribution in [1.29, 1.82) is 0 Å². The van der Waals surface area contributed by atoms with Gasteiger partial charge >= 0.3 is 0 Å². The van der Waals surface area contributed by atoms with Crippen LogP contribution in [0, 0.1) is 6.92 Å². The largest absolute Gasteiger partial charge is 0.398 e. The molecular weight excluding hydrogens is 278 g/mol. The number of rotatable bonds is 6. The number of unbranched alkanes of at least 4 members (excludes halogenated alkanes) is 1. The van der Waals surface area contributed by atoms with E-state index in [2.05, 4.69) is 46.3 Å². The van der Waals surface area contributed by atoms with E-state index in [1.54, 1.807) is 0 Å². The molecule has 3 N–H and O–H groups in total. The van der Waals surface area contributed by atoms with Crippen molar-refractivity contribution in [3.63, 3.8) is 0 Å². The molecule has 0 amide bonds. The van der Waals surface area contributed by atoms with Crippen LogP contribution < -0.4 is 11.1 Å². The summed E-state index contributed by atoms with van der Waals surface area (Å²) in [5, 5.41) is 3.43. The maximum Gasteiger partial charge on any atom is 0.0488 e.